The Labute approximate surface area is 120 Å². The van der Waals surface area contributed by atoms with Gasteiger partial charge < -0.3 is 5.32 Å². The van der Waals surface area contributed by atoms with E-state index in [1.54, 1.807) is 35.3 Å². The molecule has 0 atom stereocenters. The molecule has 0 saturated heterocycles. The van der Waals surface area contributed by atoms with Gasteiger partial charge in [-0.05, 0) is 24.3 Å². The number of amides is 1. The zero-order valence-electron chi connectivity index (χ0n) is 10.9. The Morgan fingerprint density at radius 2 is 2.00 bits per heavy atom. The number of halogens is 1. The fourth-order valence-corrected chi connectivity index (χ4v) is 1.94. The smallest absolute Gasteiger partial charge is 0.258 e. The summed E-state index contributed by atoms with van der Waals surface area (Å²) in [5.41, 5.74) is 1.19. The van der Waals surface area contributed by atoms with Crippen molar-refractivity contribution in [2.24, 2.45) is 0 Å². The molecule has 0 spiro atoms. The molecule has 1 amide bonds. The quantitative estimate of drug-likeness (QED) is 0.803. The molecule has 3 aromatic rings. The van der Waals surface area contributed by atoms with Gasteiger partial charge in [-0.2, -0.15) is 5.10 Å². The summed E-state index contributed by atoms with van der Waals surface area (Å²) in [5, 5.41) is 6.81. The minimum absolute atomic E-state index is 0.0553. The predicted octanol–water partition coefficient (Wildman–Crippen LogP) is 2.66. The molecule has 3 rings (SSSR count). The number of anilines is 1. The largest absolute Gasteiger partial charge is 0.320 e. The van der Waals surface area contributed by atoms with E-state index in [-0.39, 0.29) is 5.56 Å². The van der Waals surface area contributed by atoms with Crippen LogP contribution in [0.2, 0.25) is 0 Å². The van der Waals surface area contributed by atoms with Crippen LogP contribution in [0, 0.1) is 5.82 Å². The topological polar surface area (TPSA) is 59.8 Å². The second-order valence-corrected chi connectivity index (χ2v) is 4.28. The van der Waals surface area contributed by atoms with E-state index >= 15 is 0 Å². The van der Waals surface area contributed by atoms with E-state index in [9.17, 15) is 9.18 Å². The number of nitrogens with one attached hydrogen (secondary N) is 1. The fourth-order valence-electron chi connectivity index (χ4n) is 1.94. The number of benzene rings is 1. The molecule has 104 valence electrons. The Bertz CT molecular complexity index is 771. The Morgan fingerprint density at radius 1 is 1.14 bits per heavy atom. The molecule has 2 heterocycles. The normalized spacial score (nSPS) is 10.3. The lowest BCUT2D eigenvalue weighted by molar-refractivity contribution is 0.102. The monoisotopic (exact) mass is 282 g/mol. The van der Waals surface area contributed by atoms with Crippen LogP contribution in [0.15, 0.2) is 61.2 Å². The average molecular weight is 282 g/mol. The Hall–Kier alpha value is -3.02. The third-order valence-electron chi connectivity index (χ3n) is 2.92. The van der Waals surface area contributed by atoms with E-state index in [1.165, 1.54) is 12.3 Å². The van der Waals surface area contributed by atoms with Gasteiger partial charge in [-0.15, -0.1) is 0 Å². The van der Waals surface area contributed by atoms with E-state index in [4.69, 9.17) is 0 Å². The molecule has 1 N–H and O–H groups in total. The third kappa shape index (κ3) is 2.64. The van der Waals surface area contributed by atoms with E-state index in [1.807, 2.05) is 12.1 Å². The number of hydrogen-bond acceptors (Lipinski definition) is 3. The van der Waals surface area contributed by atoms with E-state index in [2.05, 4.69) is 15.4 Å². The van der Waals surface area contributed by atoms with Crippen molar-refractivity contribution in [2.45, 2.75) is 0 Å². The summed E-state index contributed by atoms with van der Waals surface area (Å²) < 4.78 is 15.2. The van der Waals surface area contributed by atoms with Gasteiger partial charge in [0.2, 0.25) is 0 Å². The van der Waals surface area contributed by atoms with Crippen LogP contribution in [0.25, 0.3) is 5.69 Å². The number of carbonyl (C=O) groups excluding carboxylic acids is 1. The fraction of sp³-hybridized carbons (Fsp3) is 0. The summed E-state index contributed by atoms with van der Waals surface area (Å²) in [4.78, 5) is 15.8. The maximum absolute atomic E-state index is 13.6. The number of pyridine rings is 1. The molecule has 0 radical (unpaired) electrons. The van der Waals surface area contributed by atoms with Gasteiger partial charge in [0.25, 0.3) is 5.91 Å². The molecule has 2 aromatic heterocycles. The molecular formula is C15H11FN4O. The highest BCUT2D eigenvalue weighted by Gasteiger charge is 2.13. The molecule has 21 heavy (non-hydrogen) atoms. The van der Waals surface area contributed by atoms with Crippen LogP contribution in [0.5, 0.6) is 0 Å². The lowest BCUT2D eigenvalue weighted by atomic mass is 10.2. The molecule has 5 nitrogen and oxygen atoms in total. The van der Waals surface area contributed by atoms with Gasteiger partial charge in [0.05, 0.1) is 23.1 Å². The highest BCUT2D eigenvalue weighted by molar-refractivity contribution is 6.05. The molecule has 6 heteroatoms. The Kier molecular flexibility index (Phi) is 3.42. The summed E-state index contributed by atoms with van der Waals surface area (Å²) in [5.74, 6) is -1.19. The number of hydrogen-bond donors (Lipinski definition) is 1. The van der Waals surface area contributed by atoms with Crippen LogP contribution in [-0.4, -0.2) is 20.7 Å². The van der Waals surface area contributed by atoms with Crippen LogP contribution >= 0.6 is 0 Å². The molecule has 0 unspecified atom stereocenters. The first-order valence-electron chi connectivity index (χ1n) is 6.25. The van der Waals surface area contributed by atoms with E-state index in [0.29, 0.717) is 11.4 Å². The summed E-state index contributed by atoms with van der Waals surface area (Å²) >= 11 is 0. The van der Waals surface area contributed by atoms with Gasteiger partial charge in [0, 0.05) is 18.6 Å². The maximum atomic E-state index is 13.6. The SMILES string of the molecule is O=C(Nc1ccccc1-n1cccn1)c1ccncc1F. The second kappa shape index (κ2) is 5.54. The molecule has 0 aliphatic heterocycles. The first kappa shape index (κ1) is 13.0. The summed E-state index contributed by atoms with van der Waals surface area (Å²) in [6.45, 7) is 0. The lowest BCUT2D eigenvalue weighted by Gasteiger charge is -2.11. The highest BCUT2D eigenvalue weighted by Crippen LogP contribution is 2.20. The predicted molar refractivity (Wildman–Crippen MR) is 75.7 cm³/mol. The van der Waals surface area contributed by atoms with Crippen molar-refractivity contribution < 1.29 is 9.18 Å². The third-order valence-corrected chi connectivity index (χ3v) is 2.92. The highest BCUT2D eigenvalue weighted by atomic mass is 19.1. The average Bonchev–Trinajstić information content (AvgIpc) is 3.02. The summed E-state index contributed by atoms with van der Waals surface area (Å²) in [6, 6.07) is 10.3. The van der Waals surface area contributed by atoms with Crippen LogP contribution < -0.4 is 5.32 Å². The van der Waals surface area contributed by atoms with Gasteiger partial charge in [-0.1, -0.05) is 12.1 Å². The zero-order valence-corrected chi connectivity index (χ0v) is 10.9. The van der Waals surface area contributed by atoms with Crippen LogP contribution in [0.4, 0.5) is 10.1 Å². The Morgan fingerprint density at radius 3 is 2.76 bits per heavy atom. The summed E-state index contributed by atoms with van der Waals surface area (Å²) in [6.07, 6.45) is 5.78. The lowest BCUT2D eigenvalue weighted by Crippen LogP contribution is -2.15. The standard InChI is InChI=1S/C15H11FN4O/c16-12-10-17-8-6-11(12)15(21)19-13-4-1-2-5-14(13)20-9-3-7-18-20/h1-10H,(H,19,21). The number of para-hydroxylation sites is 2. The first-order chi connectivity index (χ1) is 10.3. The molecular weight excluding hydrogens is 271 g/mol. The number of carbonyl (C=O) groups is 1. The maximum Gasteiger partial charge on any atom is 0.258 e. The van der Waals surface area contributed by atoms with Crippen molar-refractivity contribution in [3.63, 3.8) is 0 Å². The van der Waals surface area contributed by atoms with Crippen molar-refractivity contribution in [3.05, 3.63) is 72.6 Å². The molecule has 0 fully saturated rings. The van der Waals surface area contributed by atoms with Gasteiger partial charge in [-0.25, -0.2) is 9.07 Å². The van der Waals surface area contributed by atoms with Crippen molar-refractivity contribution in [1.29, 1.82) is 0 Å². The minimum atomic E-state index is -0.661. The van der Waals surface area contributed by atoms with Crippen molar-refractivity contribution in [1.82, 2.24) is 14.8 Å². The van der Waals surface area contributed by atoms with Crippen LogP contribution in [0.1, 0.15) is 10.4 Å². The molecule has 1 aromatic carbocycles. The molecule has 0 saturated carbocycles. The van der Waals surface area contributed by atoms with Crippen molar-refractivity contribution in [3.8, 4) is 5.69 Å². The van der Waals surface area contributed by atoms with Crippen molar-refractivity contribution in [2.75, 3.05) is 5.32 Å². The first-order valence-corrected chi connectivity index (χ1v) is 6.25. The van der Waals surface area contributed by atoms with Gasteiger partial charge in [-0.3, -0.25) is 9.78 Å². The summed E-state index contributed by atoms with van der Waals surface area (Å²) in [7, 11) is 0. The number of nitrogens with zero attached hydrogens (tertiary/aromatic N) is 3. The zero-order chi connectivity index (χ0) is 14.7. The number of aromatic nitrogens is 3. The van der Waals surface area contributed by atoms with Crippen molar-refractivity contribution >= 4 is 11.6 Å². The minimum Gasteiger partial charge on any atom is -0.320 e. The van der Waals surface area contributed by atoms with Gasteiger partial charge in [0.1, 0.15) is 0 Å². The molecule has 0 bridgehead atoms. The number of rotatable bonds is 3. The van der Waals surface area contributed by atoms with Gasteiger partial charge in [0.15, 0.2) is 5.82 Å². The molecule has 0 aliphatic carbocycles. The Balaban J connectivity index is 1.93. The second-order valence-electron chi connectivity index (χ2n) is 4.28. The van der Waals surface area contributed by atoms with Crippen LogP contribution in [-0.2, 0) is 0 Å². The van der Waals surface area contributed by atoms with E-state index in [0.717, 1.165) is 6.20 Å². The van der Waals surface area contributed by atoms with Crippen LogP contribution in [0.3, 0.4) is 0 Å². The van der Waals surface area contributed by atoms with E-state index < -0.39 is 11.7 Å². The molecule has 0 aliphatic rings. The van der Waals surface area contributed by atoms with Gasteiger partial charge >= 0.3 is 0 Å².